The van der Waals surface area contributed by atoms with Crippen molar-refractivity contribution in [3.63, 3.8) is 0 Å². The molecule has 21 heavy (non-hydrogen) atoms. The van der Waals surface area contributed by atoms with Crippen LogP contribution in [0.4, 0.5) is 0 Å². The van der Waals surface area contributed by atoms with Gasteiger partial charge in [0.05, 0.1) is 11.1 Å². The van der Waals surface area contributed by atoms with Gasteiger partial charge in [-0.3, -0.25) is 9.59 Å². The molecule has 1 heterocycles. The number of hydrogen-bond acceptors (Lipinski definition) is 3. The number of aromatic nitrogens is 1. The first-order valence-corrected chi connectivity index (χ1v) is 7.13. The van der Waals surface area contributed by atoms with E-state index in [4.69, 9.17) is 5.73 Å². The van der Waals surface area contributed by atoms with Crippen LogP contribution in [0.25, 0.3) is 10.9 Å². The maximum absolute atomic E-state index is 12.2. The number of para-hydroxylation sites is 1. The number of aromatic amines is 1. The summed E-state index contributed by atoms with van der Waals surface area (Å²) in [4.78, 5) is 26.6. The summed E-state index contributed by atoms with van der Waals surface area (Å²) in [7, 11) is 0. The molecule has 2 rings (SSSR count). The molecule has 1 aromatic heterocycles. The highest BCUT2D eigenvalue weighted by Gasteiger charge is 2.12. The third-order valence-electron chi connectivity index (χ3n) is 2.96. The van der Waals surface area contributed by atoms with Crippen LogP contribution in [0.5, 0.6) is 0 Å². The van der Waals surface area contributed by atoms with Gasteiger partial charge in [-0.25, -0.2) is 0 Å². The van der Waals surface area contributed by atoms with Crippen molar-refractivity contribution in [1.29, 1.82) is 0 Å². The van der Waals surface area contributed by atoms with E-state index in [1.807, 2.05) is 19.1 Å². The first-order valence-electron chi connectivity index (χ1n) is 6.34. The van der Waals surface area contributed by atoms with E-state index < -0.39 is 0 Å². The Bertz CT molecular complexity index is 700. The lowest BCUT2D eigenvalue weighted by molar-refractivity contribution is 0.0954. The average molecular weight is 375 g/mol. The third-order valence-corrected chi connectivity index (χ3v) is 3.62. The number of H-pyrrole nitrogens is 1. The normalized spacial score (nSPS) is 11.8. The van der Waals surface area contributed by atoms with E-state index in [1.54, 1.807) is 6.07 Å². The van der Waals surface area contributed by atoms with Crippen LogP contribution in [0, 0.1) is 0 Å². The number of halogens is 2. The largest absolute Gasteiger partial charge is 0.352 e. The SMILES string of the molecule is CC(N)CCNC(=O)c1cc(=O)[nH]c2c(Br)cccc12.Cl. The Balaban J connectivity index is 0.00000220. The van der Waals surface area contributed by atoms with Gasteiger partial charge in [-0.2, -0.15) is 0 Å². The first kappa shape index (κ1) is 17.7. The molecule has 4 N–H and O–H groups in total. The van der Waals surface area contributed by atoms with Crippen molar-refractivity contribution in [2.75, 3.05) is 6.54 Å². The Hall–Kier alpha value is -1.37. The van der Waals surface area contributed by atoms with Gasteiger partial charge in [-0.15, -0.1) is 12.4 Å². The number of nitrogens with two attached hydrogens (primary N) is 1. The summed E-state index contributed by atoms with van der Waals surface area (Å²) in [5, 5.41) is 3.49. The molecule has 1 atom stereocenters. The number of benzene rings is 1. The third kappa shape index (κ3) is 4.30. The number of carbonyl (C=O) groups is 1. The maximum atomic E-state index is 12.2. The molecule has 0 aliphatic rings. The van der Waals surface area contributed by atoms with Crippen LogP contribution in [-0.4, -0.2) is 23.5 Å². The molecule has 114 valence electrons. The zero-order valence-corrected chi connectivity index (χ0v) is 13.9. The highest BCUT2D eigenvalue weighted by Crippen LogP contribution is 2.23. The van der Waals surface area contributed by atoms with Gasteiger partial charge in [-0.1, -0.05) is 12.1 Å². The van der Waals surface area contributed by atoms with Crippen LogP contribution in [0.2, 0.25) is 0 Å². The van der Waals surface area contributed by atoms with Crippen molar-refractivity contribution in [3.8, 4) is 0 Å². The highest BCUT2D eigenvalue weighted by molar-refractivity contribution is 9.10. The van der Waals surface area contributed by atoms with E-state index in [0.29, 0.717) is 29.4 Å². The van der Waals surface area contributed by atoms with Crippen LogP contribution >= 0.6 is 28.3 Å². The molecule has 2 aromatic rings. The Morgan fingerprint density at radius 1 is 1.48 bits per heavy atom. The van der Waals surface area contributed by atoms with Crippen LogP contribution < -0.4 is 16.6 Å². The van der Waals surface area contributed by atoms with E-state index in [9.17, 15) is 9.59 Å². The molecule has 7 heteroatoms. The zero-order chi connectivity index (χ0) is 14.7. The molecule has 0 fully saturated rings. The summed E-state index contributed by atoms with van der Waals surface area (Å²) in [5.74, 6) is -0.264. The van der Waals surface area contributed by atoms with Gasteiger partial charge in [0, 0.05) is 28.5 Å². The minimum atomic E-state index is -0.304. The van der Waals surface area contributed by atoms with Gasteiger partial charge in [0.1, 0.15) is 0 Å². The van der Waals surface area contributed by atoms with Crippen molar-refractivity contribution < 1.29 is 4.79 Å². The number of rotatable bonds is 4. The lowest BCUT2D eigenvalue weighted by Gasteiger charge is -2.09. The van der Waals surface area contributed by atoms with E-state index >= 15 is 0 Å². The molecular weight excluding hydrogens is 358 g/mol. The molecule has 0 aliphatic carbocycles. The maximum Gasteiger partial charge on any atom is 0.252 e. The number of hydrogen-bond donors (Lipinski definition) is 3. The number of fused-ring (bicyclic) bond motifs is 1. The Morgan fingerprint density at radius 3 is 2.86 bits per heavy atom. The second-order valence-electron chi connectivity index (χ2n) is 4.73. The topological polar surface area (TPSA) is 88.0 Å². The number of nitrogens with one attached hydrogen (secondary N) is 2. The molecule has 0 radical (unpaired) electrons. The Labute approximate surface area is 136 Å². The van der Waals surface area contributed by atoms with Gasteiger partial charge in [0.2, 0.25) is 5.56 Å². The molecule has 0 saturated heterocycles. The van der Waals surface area contributed by atoms with Crippen LogP contribution in [-0.2, 0) is 0 Å². The average Bonchev–Trinajstić information content (AvgIpc) is 2.38. The summed E-state index contributed by atoms with van der Waals surface area (Å²) in [5.41, 5.74) is 6.33. The quantitative estimate of drug-likeness (QED) is 0.766. The fourth-order valence-electron chi connectivity index (χ4n) is 1.94. The highest BCUT2D eigenvalue weighted by atomic mass is 79.9. The summed E-state index contributed by atoms with van der Waals surface area (Å²) >= 11 is 3.37. The second-order valence-corrected chi connectivity index (χ2v) is 5.59. The molecule has 1 amide bonds. The van der Waals surface area contributed by atoms with Crippen LogP contribution in [0.1, 0.15) is 23.7 Å². The molecular formula is C14H17BrClN3O2. The Morgan fingerprint density at radius 2 is 2.19 bits per heavy atom. The first-order chi connectivity index (χ1) is 9.49. The van der Waals surface area contributed by atoms with E-state index in [0.717, 1.165) is 4.47 Å². The van der Waals surface area contributed by atoms with Gasteiger partial charge in [0.25, 0.3) is 5.91 Å². The summed E-state index contributed by atoms with van der Waals surface area (Å²) in [6.07, 6.45) is 0.691. The fraction of sp³-hybridized carbons (Fsp3) is 0.286. The zero-order valence-electron chi connectivity index (χ0n) is 11.5. The lowest BCUT2D eigenvalue weighted by atomic mass is 10.1. The van der Waals surface area contributed by atoms with E-state index in [2.05, 4.69) is 26.2 Å². The van der Waals surface area contributed by atoms with Gasteiger partial charge in [0.15, 0.2) is 0 Å². The number of pyridine rings is 1. The molecule has 5 nitrogen and oxygen atoms in total. The lowest BCUT2D eigenvalue weighted by Crippen LogP contribution is -2.29. The standard InChI is InChI=1S/C14H16BrN3O2.ClH/c1-8(16)5-6-17-14(20)10-7-12(19)18-13-9(10)3-2-4-11(13)15;/h2-4,7-8H,5-6,16H2,1H3,(H,17,20)(H,18,19);1H. The number of amides is 1. The summed E-state index contributed by atoms with van der Waals surface area (Å²) in [6.45, 7) is 2.37. The molecule has 0 aliphatic heterocycles. The van der Waals surface area contributed by atoms with E-state index in [-0.39, 0.29) is 29.9 Å². The van der Waals surface area contributed by atoms with Gasteiger partial charge in [-0.05, 0) is 35.3 Å². The van der Waals surface area contributed by atoms with Gasteiger partial charge >= 0.3 is 0 Å². The van der Waals surface area contributed by atoms with Crippen LogP contribution in [0.15, 0.2) is 33.5 Å². The molecule has 1 unspecified atom stereocenters. The minimum Gasteiger partial charge on any atom is -0.352 e. The van der Waals surface area contributed by atoms with Crippen molar-refractivity contribution in [2.24, 2.45) is 5.73 Å². The molecule has 0 spiro atoms. The van der Waals surface area contributed by atoms with Crippen molar-refractivity contribution in [3.05, 3.63) is 44.7 Å². The second kappa shape index (κ2) is 7.59. The van der Waals surface area contributed by atoms with E-state index in [1.165, 1.54) is 6.07 Å². The summed E-state index contributed by atoms with van der Waals surface area (Å²) in [6, 6.07) is 6.78. The smallest absolute Gasteiger partial charge is 0.252 e. The molecule has 0 saturated carbocycles. The van der Waals surface area contributed by atoms with Gasteiger partial charge < -0.3 is 16.0 Å². The van der Waals surface area contributed by atoms with Crippen molar-refractivity contribution in [2.45, 2.75) is 19.4 Å². The van der Waals surface area contributed by atoms with Crippen molar-refractivity contribution >= 4 is 45.1 Å². The predicted molar refractivity (Wildman–Crippen MR) is 90.1 cm³/mol. The Kier molecular flexibility index (Phi) is 6.39. The predicted octanol–water partition coefficient (Wildman–Crippen LogP) is 2.18. The van der Waals surface area contributed by atoms with Crippen molar-refractivity contribution in [1.82, 2.24) is 10.3 Å². The summed E-state index contributed by atoms with van der Waals surface area (Å²) < 4.78 is 0.748. The van der Waals surface area contributed by atoms with Crippen LogP contribution in [0.3, 0.4) is 0 Å². The molecule has 0 bridgehead atoms. The fourth-order valence-corrected chi connectivity index (χ4v) is 2.41. The minimum absolute atomic E-state index is 0. The number of carbonyl (C=O) groups excluding carboxylic acids is 1. The molecule has 1 aromatic carbocycles. The monoisotopic (exact) mass is 373 g/mol.